The van der Waals surface area contributed by atoms with Gasteiger partial charge in [0.05, 0.1) is 13.2 Å². The molecule has 0 atom stereocenters. The lowest BCUT2D eigenvalue weighted by Gasteiger charge is -2.29. The second-order valence-corrected chi connectivity index (χ2v) is 8.17. The zero-order valence-electron chi connectivity index (χ0n) is 20.2. The second-order valence-electron chi connectivity index (χ2n) is 7.35. The molecule has 0 rings (SSSR count). The summed E-state index contributed by atoms with van der Waals surface area (Å²) in [4.78, 5) is 21.8. The van der Waals surface area contributed by atoms with E-state index in [1.54, 1.807) is 0 Å². The molecule has 0 amide bonds. The minimum atomic E-state index is -5.17. The Morgan fingerprint density at radius 1 is 0.677 bits per heavy atom. The van der Waals surface area contributed by atoms with Gasteiger partial charge in [0.15, 0.2) is 13.1 Å². The maximum atomic E-state index is 10.9. The topological polar surface area (TPSA) is 188 Å². The van der Waals surface area contributed by atoms with Crippen molar-refractivity contribution in [1.29, 1.82) is 0 Å². The van der Waals surface area contributed by atoms with Crippen LogP contribution in [0.15, 0.2) is 0 Å². The summed E-state index contributed by atoms with van der Waals surface area (Å²) in [6.07, 6.45) is 6.36. The van der Waals surface area contributed by atoms with Crippen LogP contribution >= 0.6 is 0 Å². The Hall–Kier alpha value is -1.27. The highest BCUT2D eigenvalue weighted by Gasteiger charge is 2.26. The van der Waals surface area contributed by atoms with E-state index < -0.39 is 10.4 Å². The van der Waals surface area contributed by atoms with E-state index in [9.17, 15) is 9.59 Å². The first-order chi connectivity index (χ1) is 14.3. The van der Waals surface area contributed by atoms with E-state index in [1.807, 2.05) is 0 Å². The molecular weight excluding hydrogens is 428 g/mol. The largest absolute Gasteiger partial charge is 0.759 e. The van der Waals surface area contributed by atoms with Gasteiger partial charge in [-0.05, 0) is 38.5 Å². The molecule has 0 aliphatic heterocycles. The van der Waals surface area contributed by atoms with E-state index in [4.69, 9.17) is 27.0 Å². The molecule has 0 heterocycles. The van der Waals surface area contributed by atoms with E-state index in [1.165, 1.54) is 0 Å². The minimum absolute atomic E-state index is 0.185. The van der Waals surface area contributed by atoms with Crippen molar-refractivity contribution in [3.63, 3.8) is 0 Å². The van der Waals surface area contributed by atoms with Gasteiger partial charge in [-0.1, -0.05) is 41.5 Å². The van der Waals surface area contributed by atoms with Crippen LogP contribution in [0, 0.1) is 10.8 Å². The molecule has 188 valence electrons. The molecule has 0 fully saturated rings. The van der Waals surface area contributed by atoms with Crippen LogP contribution in [0.2, 0.25) is 0 Å². The Balaban J connectivity index is -0.000000416. The molecule has 0 radical (unpaired) electrons. The molecule has 0 saturated carbocycles. The zero-order valence-corrected chi connectivity index (χ0v) is 21.0. The third-order valence-electron chi connectivity index (χ3n) is 5.99. The molecule has 0 aliphatic carbocycles. The first-order valence-corrected chi connectivity index (χ1v) is 12.2. The Morgan fingerprint density at radius 2 is 0.871 bits per heavy atom. The summed E-state index contributed by atoms with van der Waals surface area (Å²) < 4.78 is 44.3. The monoisotopic (exact) mass is 472 g/mol. The van der Waals surface area contributed by atoms with Crippen molar-refractivity contribution in [2.45, 2.75) is 80.1 Å². The predicted molar refractivity (Wildman–Crippen MR) is 115 cm³/mol. The standard InChI is InChI=1S/2C10H21NO2.H2O4S/c2*1-4-10(5-2,6-3)8-13-9(12)7-11;1-5(2,3)4/h2*4-8,11H2,1-3H3;(H2,1,2,3,4). The Labute approximate surface area is 188 Å². The van der Waals surface area contributed by atoms with E-state index >= 15 is 0 Å². The van der Waals surface area contributed by atoms with Crippen molar-refractivity contribution >= 4 is 22.3 Å². The van der Waals surface area contributed by atoms with Gasteiger partial charge in [0.1, 0.15) is 0 Å². The second kappa shape index (κ2) is 18.3. The van der Waals surface area contributed by atoms with E-state index in [-0.39, 0.29) is 35.9 Å². The fourth-order valence-corrected chi connectivity index (χ4v) is 2.72. The first kappa shape index (κ1) is 34.3. The maximum absolute atomic E-state index is 10.9. The molecule has 10 nitrogen and oxygen atoms in total. The summed E-state index contributed by atoms with van der Waals surface area (Å²) in [6.45, 7) is 14.4. The number of esters is 2. The van der Waals surface area contributed by atoms with E-state index in [0.717, 1.165) is 38.5 Å². The minimum Gasteiger partial charge on any atom is -0.759 e. The van der Waals surface area contributed by atoms with Crippen LogP contribution in [-0.2, 0) is 29.5 Å². The molecule has 0 saturated heterocycles. The zero-order chi connectivity index (χ0) is 25.1. The lowest BCUT2D eigenvalue weighted by Crippen LogP contribution is -2.54. The number of carbonyl (C=O) groups is 2. The Bertz CT molecular complexity index is 513. The lowest BCUT2D eigenvalue weighted by atomic mass is 9.81. The van der Waals surface area contributed by atoms with Crippen LogP contribution in [0.5, 0.6) is 0 Å². The Kier molecular flexibility index (Phi) is 20.3. The fourth-order valence-electron chi connectivity index (χ4n) is 2.72. The summed E-state index contributed by atoms with van der Waals surface area (Å²) in [5.41, 5.74) is 7.35. The first-order valence-electron chi connectivity index (χ1n) is 10.8. The van der Waals surface area contributed by atoms with Crippen molar-refractivity contribution < 1.29 is 48.1 Å². The summed E-state index contributed by atoms with van der Waals surface area (Å²) >= 11 is 0. The third-order valence-corrected chi connectivity index (χ3v) is 5.99. The van der Waals surface area contributed by atoms with Crippen molar-refractivity contribution in [2.24, 2.45) is 10.8 Å². The Morgan fingerprint density at radius 3 is 1.00 bits per heavy atom. The highest BCUT2D eigenvalue weighted by molar-refractivity contribution is 7.79. The smallest absolute Gasteiger partial charge is 0.361 e. The van der Waals surface area contributed by atoms with Crippen molar-refractivity contribution in [3.05, 3.63) is 0 Å². The van der Waals surface area contributed by atoms with Crippen molar-refractivity contribution in [2.75, 3.05) is 26.3 Å². The molecule has 0 aliphatic rings. The van der Waals surface area contributed by atoms with Gasteiger partial charge in [0.2, 0.25) is 0 Å². The summed E-state index contributed by atoms with van der Waals surface area (Å²) in [5.74, 6) is -0.389. The summed E-state index contributed by atoms with van der Waals surface area (Å²) in [7, 11) is -5.17. The van der Waals surface area contributed by atoms with Crippen LogP contribution in [0.1, 0.15) is 80.1 Å². The highest BCUT2D eigenvalue weighted by Crippen LogP contribution is 2.31. The van der Waals surface area contributed by atoms with Crippen LogP contribution in [0.25, 0.3) is 0 Å². The highest BCUT2D eigenvalue weighted by atomic mass is 32.3. The number of carbonyl (C=O) groups excluding carboxylic acids is 2. The van der Waals surface area contributed by atoms with Crippen molar-refractivity contribution in [1.82, 2.24) is 0 Å². The molecule has 0 bridgehead atoms. The number of ether oxygens (including phenoxy) is 2. The van der Waals surface area contributed by atoms with Gasteiger partial charge in [0, 0.05) is 21.2 Å². The van der Waals surface area contributed by atoms with Gasteiger partial charge in [0.25, 0.3) is 0 Å². The molecule has 0 spiro atoms. The predicted octanol–water partition coefficient (Wildman–Crippen LogP) is 0.638. The maximum Gasteiger partial charge on any atom is 0.361 e. The lowest BCUT2D eigenvalue weighted by molar-refractivity contribution is -0.360. The summed E-state index contributed by atoms with van der Waals surface area (Å²) in [5, 5.41) is 0. The third kappa shape index (κ3) is 19.2. The van der Waals surface area contributed by atoms with Crippen LogP contribution in [0.4, 0.5) is 0 Å². The van der Waals surface area contributed by atoms with E-state index in [2.05, 4.69) is 53.0 Å². The molecular formula is C20H44N2O8S. The van der Waals surface area contributed by atoms with Crippen LogP contribution in [0.3, 0.4) is 0 Å². The van der Waals surface area contributed by atoms with Gasteiger partial charge in [-0.2, -0.15) is 0 Å². The summed E-state index contributed by atoms with van der Waals surface area (Å²) in [6, 6.07) is 0. The average Bonchev–Trinajstić information content (AvgIpc) is 2.75. The van der Waals surface area contributed by atoms with Gasteiger partial charge in [-0.15, -0.1) is 0 Å². The molecule has 0 aromatic heterocycles. The molecule has 0 aromatic carbocycles. The average molecular weight is 473 g/mol. The fraction of sp³-hybridized carbons (Fsp3) is 0.900. The van der Waals surface area contributed by atoms with Crippen LogP contribution in [-0.4, -0.2) is 55.8 Å². The number of quaternary nitrogens is 2. The molecule has 31 heavy (non-hydrogen) atoms. The molecule has 0 unspecified atom stereocenters. The van der Waals surface area contributed by atoms with Gasteiger partial charge < -0.3 is 30.0 Å². The van der Waals surface area contributed by atoms with Crippen LogP contribution < -0.4 is 11.5 Å². The normalized spacial score (nSPS) is 11.4. The quantitative estimate of drug-likeness (QED) is 0.235. The SMILES string of the molecule is CCC(CC)(CC)COC(=O)C[NH3+].CCC(CC)(CC)COC(=O)C[NH3+].O=S(=O)([O-])[O-]. The molecule has 6 N–H and O–H groups in total. The molecule has 11 heteroatoms. The number of rotatable bonds is 12. The van der Waals surface area contributed by atoms with Crippen molar-refractivity contribution in [3.8, 4) is 0 Å². The molecule has 0 aromatic rings. The number of hydrogen-bond acceptors (Lipinski definition) is 8. The van der Waals surface area contributed by atoms with Gasteiger partial charge in [-0.25, -0.2) is 9.59 Å². The number of hydrogen-bond donors (Lipinski definition) is 2. The van der Waals surface area contributed by atoms with Gasteiger partial charge in [-0.3, -0.25) is 8.42 Å². The van der Waals surface area contributed by atoms with Gasteiger partial charge >= 0.3 is 11.9 Å². The van der Waals surface area contributed by atoms with E-state index in [0.29, 0.717) is 13.2 Å².